The van der Waals surface area contributed by atoms with E-state index in [0.29, 0.717) is 11.7 Å². The van der Waals surface area contributed by atoms with Gasteiger partial charge in [-0.15, -0.1) is 0 Å². The van der Waals surface area contributed by atoms with Gasteiger partial charge in [0.15, 0.2) is 0 Å². The van der Waals surface area contributed by atoms with E-state index in [1.54, 1.807) is 0 Å². The van der Waals surface area contributed by atoms with Crippen LogP contribution < -0.4 is 0 Å². The summed E-state index contributed by atoms with van der Waals surface area (Å²) in [4.78, 5) is 13.2. The molecule has 0 bridgehead atoms. The summed E-state index contributed by atoms with van der Waals surface area (Å²) in [5.74, 6) is 1.96. The maximum Gasteiger partial charge on any atom is 0.147 e. The monoisotopic (exact) mass is 228 g/mol. The fraction of sp³-hybridized carbons (Fsp3) is 0.818. The van der Waals surface area contributed by atoms with Gasteiger partial charge >= 0.3 is 0 Å². The molecule has 2 fully saturated rings. The first-order valence-corrected chi connectivity index (χ1v) is 6.06. The summed E-state index contributed by atoms with van der Waals surface area (Å²) in [6.45, 7) is 3.13. The first-order valence-electron chi connectivity index (χ1n) is 5.72. The molecule has 2 aliphatic rings. The molecular formula is C11H17ClN2O. The van der Waals surface area contributed by atoms with Gasteiger partial charge in [0, 0.05) is 30.8 Å². The highest BCUT2D eigenvalue weighted by molar-refractivity contribution is 6.15. The lowest BCUT2D eigenvalue weighted by molar-refractivity contribution is 0.134. The summed E-state index contributed by atoms with van der Waals surface area (Å²) >= 11 is 5.90. The van der Waals surface area contributed by atoms with Crippen LogP contribution in [0.15, 0.2) is 5.70 Å². The molecule has 0 amide bonds. The molecule has 3 nitrogen and oxygen atoms in total. The largest absolute Gasteiger partial charge is 0.300 e. The molecule has 0 radical (unpaired) electrons. The molecule has 2 rings (SSSR count). The third-order valence-electron chi connectivity index (χ3n) is 3.41. The highest BCUT2D eigenvalue weighted by Gasteiger charge is 2.28. The smallest absolute Gasteiger partial charge is 0.147 e. The van der Waals surface area contributed by atoms with Crippen LogP contribution in [0.25, 0.3) is 0 Å². The maximum atomic E-state index is 10.7. The average Bonchev–Trinajstić information content (AvgIpc) is 2.31. The lowest BCUT2D eigenvalue weighted by Gasteiger charge is -2.38. The SMILES string of the molecule is O=C=C1CC(N2CCCCC2)CCN1Cl. The van der Waals surface area contributed by atoms with Crippen molar-refractivity contribution in [3.8, 4) is 0 Å². The zero-order valence-electron chi connectivity index (χ0n) is 8.91. The zero-order chi connectivity index (χ0) is 10.7. The van der Waals surface area contributed by atoms with Gasteiger partial charge in [-0.05, 0) is 32.4 Å². The Bertz CT molecular complexity index is 270. The van der Waals surface area contributed by atoms with Gasteiger partial charge in [0.25, 0.3) is 0 Å². The third-order valence-corrected chi connectivity index (χ3v) is 3.78. The predicted molar refractivity (Wildman–Crippen MR) is 60.2 cm³/mol. The first kappa shape index (κ1) is 11.0. The minimum absolute atomic E-state index is 0.511. The molecular weight excluding hydrogens is 212 g/mol. The average molecular weight is 229 g/mol. The number of halogens is 1. The van der Waals surface area contributed by atoms with Crippen LogP contribution in [0.2, 0.25) is 0 Å². The second-order valence-corrected chi connectivity index (χ2v) is 4.79. The third kappa shape index (κ3) is 2.54. The van der Waals surface area contributed by atoms with Gasteiger partial charge in [-0.3, -0.25) is 9.32 Å². The molecule has 0 aromatic rings. The van der Waals surface area contributed by atoms with Gasteiger partial charge < -0.3 is 0 Å². The Labute approximate surface area is 95.8 Å². The summed E-state index contributed by atoms with van der Waals surface area (Å²) in [6, 6.07) is 0.511. The Morgan fingerprint density at radius 2 is 1.93 bits per heavy atom. The van der Waals surface area contributed by atoms with E-state index >= 15 is 0 Å². The number of rotatable bonds is 1. The summed E-state index contributed by atoms with van der Waals surface area (Å²) in [7, 11) is 0. The van der Waals surface area contributed by atoms with Crippen molar-refractivity contribution < 1.29 is 4.79 Å². The minimum Gasteiger partial charge on any atom is -0.300 e. The van der Waals surface area contributed by atoms with Crippen LogP contribution in [0.5, 0.6) is 0 Å². The van der Waals surface area contributed by atoms with E-state index in [9.17, 15) is 4.79 Å². The van der Waals surface area contributed by atoms with Crippen molar-refractivity contribution in [2.75, 3.05) is 19.6 Å². The summed E-state index contributed by atoms with van der Waals surface area (Å²) < 4.78 is 1.52. The standard InChI is InChI=1S/C11H17ClN2O/c12-14-7-4-10(8-11(14)9-15)13-5-2-1-3-6-13/h10H,1-8H2. The highest BCUT2D eigenvalue weighted by atomic mass is 35.5. The first-order chi connectivity index (χ1) is 7.31. The van der Waals surface area contributed by atoms with Gasteiger partial charge in [-0.2, -0.15) is 0 Å². The van der Waals surface area contributed by atoms with Gasteiger partial charge in [-0.25, -0.2) is 4.79 Å². The lowest BCUT2D eigenvalue weighted by atomic mass is 9.99. The molecule has 2 saturated heterocycles. The van der Waals surface area contributed by atoms with E-state index in [2.05, 4.69) is 4.90 Å². The van der Waals surface area contributed by atoms with Crippen LogP contribution in [0.1, 0.15) is 32.1 Å². The molecule has 2 heterocycles. The van der Waals surface area contributed by atoms with Crippen LogP contribution in [-0.4, -0.2) is 40.9 Å². The van der Waals surface area contributed by atoms with Crippen LogP contribution in [0.4, 0.5) is 0 Å². The van der Waals surface area contributed by atoms with Gasteiger partial charge in [-0.1, -0.05) is 6.42 Å². The minimum atomic E-state index is 0.511. The Kier molecular flexibility index (Phi) is 3.68. The van der Waals surface area contributed by atoms with Crippen molar-refractivity contribution in [2.24, 2.45) is 0 Å². The second kappa shape index (κ2) is 5.02. The number of likely N-dealkylation sites (tertiary alicyclic amines) is 1. The Morgan fingerprint density at radius 1 is 1.20 bits per heavy atom. The van der Waals surface area contributed by atoms with E-state index in [0.717, 1.165) is 19.4 Å². The number of carbonyl (C=O) groups excluding carboxylic acids is 1. The van der Waals surface area contributed by atoms with Gasteiger partial charge in [0.05, 0.1) is 0 Å². The van der Waals surface area contributed by atoms with Crippen LogP contribution in [0, 0.1) is 0 Å². The Balaban J connectivity index is 1.96. The molecule has 0 aromatic heterocycles. The number of hydrogen-bond donors (Lipinski definition) is 0. The van der Waals surface area contributed by atoms with E-state index in [4.69, 9.17) is 11.8 Å². The van der Waals surface area contributed by atoms with Crippen LogP contribution in [0.3, 0.4) is 0 Å². The van der Waals surface area contributed by atoms with Crippen molar-refractivity contribution in [1.29, 1.82) is 0 Å². The number of piperidine rings is 2. The van der Waals surface area contributed by atoms with Crippen molar-refractivity contribution in [1.82, 2.24) is 9.32 Å². The molecule has 2 aliphatic heterocycles. The number of nitrogens with zero attached hydrogens (tertiary/aromatic N) is 2. The summed E-state index contributed by atoms with van der Waals surface area (Å²) in [5, 5.41) is 0. The van der Waals surface area contributed by atoms with Gasteiger partial charge in [0.2, 0.25) is 0 Å². The van der Waals surface area contributed by atoms with Crippen LogP contribution in [-0.2, 0) is 4.79 Å². The molecule has 0 aromatic carbocycles. The molecule has 0 spiro atoms. The molecule has 0 aliphatic carbocycles. The maximum absolute atomic E-state index is 10.7. The molecule has 1 unspecified atom stereocenters. The van der Waals surface area contributed by atoms with Crippen molar-refractivity contribution >= 4 is 17.7 Å². The lowest BCUT2D eigenvalue weighted by Crippen LogP contribution is -2.44. The van der Waals surface area contributed by atoms with Crippen molar-refractivity contribution in [2.45, 2.75) is 38.1 Å². The molecule has 84 valence electrons. The van der Waals surface area contributed by atoms with E-state index in [1.165, 1.54) is 36.8 Å². The molecule has 15 heavy (non-hydrogen) atoms. The second-order valence-electron chi connectivity index (χ2n) is 4.38. The Morgan fingerprint density at radius 3 is 2.60 bits per heavy atom. The van der Waals surface area contributed by atoms with E-state index in [-0.39, 0.29) is 0 Å². The summed E-state index contributed by atoms with van der Waals surface area (Å²) in [6.07, 6.45) is 5.77. The predicted octanol–water partition coefficient (Wildman–Crippen LogP) is 1.81. The van der Waals surface area contributed by atoms with Gasteiger partial charge in [0.1, 0.15) is 11.6 Å². The van der Waals surface area contributed by atoms with E-state index in [1.807, 2.05) is 5.94 Å². The fourth-order valence-corrected chi connectivity index (χ4v) is 2.71. The molecule has 0 saturated carbocycles. The van der Waals surface area contributed by atoms with E-state index < -0.39 is 0 Å². The van der Waals surface area contributed by atoms with Crippen molar-refractivity contribution in [3.63, 3.8) is 0 Å². The molecule has 4 heteroatoms. The van der Waals surface area contributed by atoms with Crippen molar-refractivity contribution in [3.05, 3.63) is 5.70 Å². The quantitative estimate of drug-likeness (QED) is 0.505. The topological polar surface area (TPSA) is 23.6 Å². The zero-order valence-corrected chi connectivity index (χ0v) is 9.67. The normalized spacial score (nSPS) is 29.0. The summed E-state index contributed by atoms with van der Waals surface area (Å²) in [5.41, 5.74) is 0.624. The van der Waals surface area contributed by atoms with Crippen LogP contribution >= 0.6 is 11.8 Å². The Hall–Kier alpha value is -0.500. The fourth-order valence-electron chi connectivity index (χ4n) is 2.51. The molecule has 0 N–H and O–H groups in total. The highest BCUT2D eigenvalue weighted by Crippen LogP contribution is 2.26. The molecule has 1 atom stereocenters. The number of hydrogen-bond acceptors (Lipinski definition) is 3.